The van der Waals surface area contributed by atoms with Crippen molar-refractivity contribution in [3.8, 4) is 0 Å². The molecule has 28 heavy (non-hydrogen) atoms. The maximum atomic E-state index is 13.5. The van der Waals surface area contributed by atoms with Gasteiger partial charge in [0.1, 0.15) is 6.04 Å². The van der Waals surface area contributed by atoms with Crippen molar-refractivity contribution in [2.24, 2.45) is 11.8 Å². The number of nitrogens with zero attached hydrogens (tertiary/aromatic N) is 3. The monoisotopic (exact) mass is 447 g/mol. The van der Waals surface area contributed by atoms with Gasteiger partial charge in [-0.2, -0.15) is 0 Å². The van der Waals surface area contributed by atoms with Crippen LogP contribution in [0.15, 0.2) is 0 Å². The third kappa shape index (κ3) is 3.49. The highest BCUT2D eigenvalue weighted by molar-refractivity contribution is 7.15. The third-order valence-corrected chi connectivity index (χ3v) is 7.47. The summed E-state index contributed by atoms with van der Waals surface area (Å²) in [7, 11) is 0. The fourth-order valence-electron chi connectivity index (χ4n) is 5.42. The van der Waals surface area contributed by atoms with Crippen molar-refractivity contribution in [1.29, 1.82) is 0 Å². The van der Waals surface area contributed by atoms with Crippen LogP contribution in [0.25, 0.3) is 0 Å². The molecule has 5 rings (SSSR count). The minimum Gasteiger partial charge on any atom is -0.375 e. The summed E-state index contributed by atoms with van der Waals surface area (Å²) in [5.41, 5.74) is 6.87. The Labute approximate surface area is 181 Å². The van der Waals surface area contributed by atoms with Gasteiger partial charge in [-0.15, -0.1) is 36.2 Å². The van der Waals surface area contributed by atoms with Gasteiger partial charge in [0.15, 0.2) is 5.13 Å². The molecule has 7 nitrogen and oxygen atoms in total. The van der Waals surface area contributed by atoms with E-state index in [-0.39, 0.29) is 54.6 Å². The number of fused-ring (bicyclic) bond motifs is 5. The van der Waals surface area contributed by atoms with Crippen molar-refractivity contribution >= 4 is 53.1 Å². The Bertz CT molecular complexity index is 760. The van der Waals surface area contributed by atoms with Crippen LogP contribution in [0.4, 0.5) is 5.13 Å². The average Bonchev–Trinajstić information content (AvgIpc) is 3.02. The zero-order valence-electron chi connectivity index (χ0n) is 15.6. The molecular weight excluding hydrogens is 421 g/mol. The lowest BCUT2D eigenvalue weighted by atomic mass is 9.72. The van der Waals surface area contributed by atoms with Gasteiger partial charge in [-0.05, 0) is 31.7 Å². The van der Waals surface area contributed by atoms with Crippen molar-refractivity contribution in [3.63, 3.8) is 0 Å². The molecule has 1 aromatic heterocycles. The Morgan fingerprint density at radius 2 is 2.00 bits per heavy atom. The Morgan fingerprint density at radius 1 is 1.21 bits per heavy atom. The van der Waals surface area contributed by atoms with Gasteiger partial charge in [0.25, 0.3) is 0 Å². The number of halogens is 2. The van der Waals surface area contributed by atoms with Gasteiger partial charge in [0.2, 0.25) is 11.8 Å². The summed E-state index contributed by atoms with van der Waals surface area (Å²) in [6.07, 6.45) is 4.39. The van der Waals surface area contributed by atoms with Crippen LogP contribution in [0, 0.1) is 11.8 Å². The van der Waals surface area contributed by atoms with Gasteiger partial charge in [-0.3, -0.25) is 9.59 Å². The largest absolute Gasteiger partial charge is 0.375 e. The molecule has 4 aliphatic heterocycles. The molecule has 1 aromatic rings. The number of carbonyl (C=O) groups is 2. The number of thiazole rings is 1. The number of nitrogen functional groups attached to an aromatic ring is 1. The third-order valence-electron chi connectivity index (χ3n) is 6.56. The minimum absolute atomic E-state index is 0. The maximum Gasteiger partial charge on any atom is 0.246 e. The molecule has 3 fully saturated rings. The molecule has 3 saturated heterocycles. The molecule has 0 aliphatic carbocycles. The molecule has 0 radical (unpaired) electrons. The van der Waals surface area contributed by atoms with Crippen LogP contribution in [0.5, 0.6) is 0 Å². The molecular formula is C18H27Cl2N5O2S. The van der Waals surface area contributed by atoms with Crippen molar-refractivity contribution < 1.29 is 9.59 Å². The second-order valence-electron chi connectivity index (χ2n) is 8.05. The van der Waals surface area contributed by atoms with Crippen molar-refractivity contribution in [1.82, 2.24) is 20.1 Å². The number of aromatic nitrogens is 1. The number of rotatable bonds is 1. The van der Waals surface area contributed by atoms with Crippen LogP contribution in [0.1, 0.15) is 36.3 Å². The van der Waals surface area contributed by atoms with Gasteiger partial charge < -0.3 is 20.9 Å². The van der Waals surface area contributed by atoms with E-state index in [9.17, 15) is 9.59 Å². The van der Waals surface area contributed by atoms with E-state index < -0.39 is 0 Å². The van der Waals surface area contributed by atoms with E-state index in [1.165, 1.54) is 11.3 Å². The number of nitrogens with one attached hydrogen (secondary N) is 1. The molecule has 2 bridgehead atoms. The van der Waals surface area contributed by atoms with Gasteiger partial charge in [-0.1, -0.05) is 0 Å². The molecule has 0 spiro atoms. The zero-order chi connectivity index (χ0) is 17.8. The van der Waals surface area contributed by atoms with Crippen molar-refractivity contribution in [3.05, 3.63) is 10.6 Å². The summed E-state index contributed by atoms with van der Waals surface area (Å²) in [6, 6.07) is -0.0719. The van der Waals surface area contributed by atoms with Gasteiger partial charge >= 0.3 is 0 Å². The summed E-state index contributed by atoms with van der Waals surface area (Å²) in [5.74, 6) is 1.02. The second kappa shape index (κ2) is 8.34. The lowest BCUT2D eigenvalue weighted by Gasteiger charge is -2.54. The molecule has 3 N–H and O–H groups in total. The standard InChI is InChI=1S/C18H25N5O2S.2ClH/c19-18-21-12-4-5-22(9-14(12)26-18)17(25)16-11-6-10(7-20-8-11)13-2-1-3-15(24)23(13)16;;/h10-11,13,16,20H,1-9H2,(H2,19,21);2*1H/t10-,11+,13+,16-;;/m1../s1. The fraction of sp³-hybridized carbons (Fsp3) is 0.722. The smallest absolute Gasteiger partial charge is 0.246 e. The van der Waals surface area contributed by atoms with E-state index in [0.29, 0.717) is 30.6 Å². The Kier molecular flexibility index (Phi) is 6.44. The quantitative estimate of drug-likeness (QED) is 0.679. The Hall–Kier alpha value is -1.09. The number of anilines is 1. The first-order valence-corrected chi connectivity index (χ1v) is 10.5. The summed E-state index contributed by atoms with van der Waals surface area (Å²) in [6.45, 7) is 3.05. The Morgan fingerprint density at radius 3 is 2.82 bits per heavy atom. The van der Waals surface area contributed by atoms with E-state index in [1.807, 2.05) is 9.80 Å². The molecule has 156 valence electrons. The predicted molar refractivity (Wildman–Crippen MR) is 113 cm³/mol. The number of amides is 2. The summed E-state index contributed by atoms with van der Waals surface area (Å²) < 4.78 is 0. The van der Waals surface area contributed by atoms with E-state index in [2.05, 4.69) is 10.3 Å². The fourth-order valence-corrected chi connectivity index (χ4v) is 6.32. The van der Waals surface area contributed by atoms with Gasteiger partial charge in [-0.25, -0.2) is 4.98 Å². The number of hydrogen-bond acceptors (Lipinski definition) is 6. The molecule has 4 atom stereocenters. The number of hydrogen-bond donors (Lipinski definition) is 2. The normalized spacial score (nSPS) is 31.2. The summed E-state index contributed by atoms with van der Waals surface area (Å²) >= 11 is 1.48. The SMILES string of the molecule is Cl.Cl.Nc1nc2c(s1)CN(C(=O)[C@H]1[C@@H]3CNC[C@@H](C3)[C@@H]3CCCC(=O)N31)CC2. The van der Waals surface area contributed by atoms with Crippen LogP contribution in [0.2, 0.25) is 0 Å². The van der Waals surface area contributed by atoms with Crippen LogP contribution >= 0.6 is 36.2 Å². The molecule has 5 heterocycles. The first kappa shape index (κ1) is 21.6. The number of carbonyl (C=O) groups excluding carboxylic acids is 2. The molecule has 0 unspecified atom stereocenters. The van der Waals surface area contributed by atoms with Crippen LogP contribution in [0.3, 0.4) is 0 Å². The topological polar surface area (TPSA) is 91.6 Å². The van der Waals surface area contributed by atoms with E-state index in [1.54, 1.807) is 0 Å². The first-order chi connectivity index (χ1) is 12.6. The first-order valence-electron chi connectivity index (χ1n) is 9.66. The lowest BCUT2D eigenvalue weighted by molar-refractivity contribution is -0.162. The molecule has 10 heteroatoms. The van der Waals surface area contributed by atoms with Crippen molar-refractivity contribution in [2.75, 3.05) is 25.4 Å². The highest BCUT2D eigenvalue weighted by atomic mass is 35.5. The van der Waals surface area contributed by atoms with Crippen molar-refractivity contribution in [2.45, 2.75) is 50.7 Å². The lowest BCUT2D eigenvalue weighted by Crippen LogP contribution is -2.68. The predicted octanol–water partition coefficient (Wildman–Crippen LogP) is 1.44. The zero-order valence-corrected chi connectivity index (χ0v) is 18.1. The van der Waals surface area contributed by atoms with E-state index >= 15 is 0 Å². The molecule has 0 saturated carbocycles. The highest BCUT2D eigenvalue weighted by Gasteiger charge is 2.51. The highest BCUT2D eigenvalue weighted by Crippen LogP contribution is 2.40. The number of piperidine rings is 3. The molecule has 0 aromatic carbocycles. The van der Waals surface area contributed by atoms with Crippen LogP contribution in [-0.2, 0) is 22.6 Å². The average molecular weight is 448 g/mol. The van der Waals surface area contributed by atoms with E-state index in [4.69, 9.17) is 5.73 Å². The summed E-state index contributed by atoms with van der Waals surface area (Å²) in [4.78, 5) is 35.7. The van der Waals surface area contributed by atoms with Crippen LogP contribution < -0.4 is 11.1 Å². The minimum atomic E-state index is -0.302. The molecule has 2 amide bonds. The second-order valence-corrected chi connectivity index (χ2v) is 9.17. The van der Waals surface area contributed by atoms with E-state index in [0.717, 1.165) is 49.3 Å². The van der Waals surface area contributed by atoms with Crippen LogP contribution in [-0.4, -0.2) is 58.3 Å². The van der Waals surface area contributed by atoms with Gasteiger partial charge in [0.05, 0.1) is 12.2 Å². The Balaban J connectivity index is 0.00000112. The number of nitrogens with two attached hydrogens (primary N) is 1. The molecule has 4 aliphatic rings. The maximum absolute atomic E-state index is 13.5. The van der Waals surface area contributed by atoms with Gasteiger partial charge in [0, 0.05) is 42.8 Å². The summed E-state index contributed by atoms with van der Waals surface area (Å²) in [5, 5.41) is 4.08.